The Balaban J connectivity index is 2.03. The number of nitrogens with two attached hydrogens (primary N) is 1. The lowest BCUT2D eigenvalue weighted by Gasteiger charge is -2.08. The molecule has 0 bridgehead atoms. The van der Waals surface area contributed by atoms with E-state index in [1.54, 1.807) is 19.4 Å². The van der Waals surface area contributed by atoms with Gasteiger partial charge in [0, 0.05) is 6.20 Å². The zero-order chi connectivity index (χ0) is 13.7. The Hall–Kier alpha value is -2.56. The molecule has 2 rings (SSSR count). The minimum absolute atomic E-state index is 0.133. The number of methoxy groups -OCH3 is 1. The largest absolute Gasteiger partial charge is 0.497 e. The van der Waals surface area contributed by atoms with Crippen LogP contribution < -0.4 is 15.8 Å². The molecule has 0 aliphatic carbocycles. The lowest BCUT2D eigenvalue weighted by atomic mass is 10.1. The molecule has 1 amide bonds. The van der Waals surface area contributed by atoms with Gasteiger partial charge >= 0.3 is 0 Å². The third-order valence-electron chi connectivity index (χ3n) is 2.62. The monoisotopic (exact) mass is 257 g/mol. The number of amides is 1. The predicted molar refractivity (Wildman–Crippen MR) is 74.0 cm³/mol. The first kappa shape index (κ1) is 12.9. The fourth-order valence-corrected chi connectivity index (χ4v) is 1.68. The molecule has 5 heteroatoms. The summed E-state index contributed by atoms with van der Waals surface area (Å²) in [5.41, 5.74) is 7.61. The van der Waals surface area contributed by atoms with Gasteiger partial charge in [0.2, 0.25) is 5.91 Å². The molecule has 0 spiro atoms. The van der Waals surface area contributed by atoms with Crippen molar-refractivity contribution in [2.75, 3.05) is 18.2 Å². The second-order valence-electron chi connectivity index (χ2n) is 4.04. The SMILES string of the molecule is COc1cccc(CC(=O)Nc2ccncc2N)c1. The van der Waals surface area contributed by atoms with Crippen LogP contribution in [0.3, 0.4) is 0 Å². The second-order valence-corrected chi connectivity index (χ2v) is 4.04. The van der Waals surface area contributed by atoms with Crippen LogP contribution in [-0.2, 0) is 11.2 Å². The number of nitrogens with zero attached hydrogens (tertiary/aromatic N) is 1. The van der Waals surface area contributed by atoms with Crippen molar-refractivity contribution in [2.45, 2.75) is 6.42 Å². The standard InChI is InChI=1S/C14H15N3O2/c1-19-11-4-2-3-10(7-11)8-14(18)17-13-5-6-16-9-12(13)15/h2-7,9H,8,15H2,1H3,(H,16,17,18). The average molecular weight is 257 g/mol. The molecule has 2 aromatic rings. The van der Waals surface area contributed by atoms with Crippen molar-refractivity contribution in [3.63, 3.8) is 0 Å². The minimum atomic E-state index is -0.133. The quantitative estimate of drug-likeness (QED) is 0.876. The summed E-state index contributed by atoms with van der Waals surface area (Å²) in [6, 6.07) is 9.05. The number of nitrogens with one attached hydrogen (secondary N) is 1. The Morgan fingerprint density at radius 1 is 1.42 bits per heavy atom. The fourth-order valence-electron chi connectivity index (χ4n) is 1.68. The summed E-state index contributed by atoms with van der Waals surface area (Å²) in [6.07, 6.45) is 3.34. The highest BCUT2D eigenvalue weighted by Gasteiger charge is 2.06. The normalized spacial score (nSPS) is 9.95. The highest BCUT2D eigenvalue weighted by molar-refractivity contribution is 5.94. The number of rotatable bonds is 4. The minimum Gasteiger partial charge on any atom is -0.497 e. The summed E-state index contributed by atoms with van der Waals surface area (Å²) in [5, 5.41) is 2.75. The van der Waals surface area contributed by atoms with Gasteiger partial charge in [-0.25, -0.2) is 0 Å². The Bertz CT molecular complexity index is 584. The molecule has 3 N–H and O–H groups in total. The summed E-state index contributed by atoms with van der Waals surface area (Å²) < 4.78 is 5.11. The van der Waals surface area contributed by atoms with Crippen molar-refractivity contribution in [3.8, 4) is 5.75 Å². The van der Waals surface area contributed by atoms with Gasteiger partial charge in [-0.05, 0) is 23.8 Å². The number of aromatic nitrogens is 1. The maximum absolute atomic E-state index is 11.9. The smallest absolute Gasteiger partial charge is 0.228 e. The van der Waals surface area contributed by atoms with Crippen LogP contribution in [0, 0.1) is 0 Å². The summed E-state index contributed by atoms with van der Waals surface area (Å²) in [5.74, 6) is 0.597. The number of nitrogen functional groups attached to an aromatic ring is 1. The first-order valence-corrected chi connectivity index (χ1v) is 5.81. The Labute approximate surface area is 111 Å². The molecule has 0 unspecified atom stereocenters. The van der Waals surface area contributed by atoms with E-state index in [1.807, 2.05) is 24.3 Å². The molecule has 0 aliphatic rings. The van der Waals surface area contributed by atoms with Crippen molar-refractivity contribution in [3.05, 3.63) is 48.3 Å². The van der Waals surface area contributed by atoms with Gasteiger partial charge in [-0.2, -0.15) is 0 Å². The van der Waals surface area contributed by atoms with Crippen molar-refractivity contribution in [2.24, 2.45) is 0 Å². The maximum Gasteiger partial charge on any atom is 0.228 e. The van der Waals surface area contributed by atoms with Gasteiger partial charge in [0.1, 0.15) is 5.75 Å². The first-order chi connectivity index (χ1) is 9.19. The Kier molecular flexibility index (Phi) is 3.97. The topological polar surface area (TPSA) is 77.2 Å². The average Bonchev–Trinajstić information content (AvgIpc) is 2.41. The molecule has 19 heavy (non-hydrogen) atoms. The number of ether oxygens (including phenoxy) is 1. The molecule has 0 radical (unpaired) electrons. The highest BCUT2D eigenvalue weighted by Crippen LogP contribution is 2.17. The van der Waals surface area contributed by atoms with Crippen molar-refractivity contribution >= 4 is 17.3 Å². The van der Waals surface area contributed by atoms with Crippen LogP contribution in [0.5, 0.6) is 5.75 Å². The van der Waals surface area contributed by atoms with E-state index in [2.05, 4.69) is 10.3 Å². The molecule has 0 aliphatic heterocycles. The number of pyridine rings is 1. The van der Waals surface area contributed by atoms with Gasteiger partial charge in [-0.15, -0.1) is 0 Å². The molecular formula is C14H15N3O2. The molecule has 0 fully saturated rings. The summed E-state index contributed by atoms with van der Waals surface area (Å²) in [7, 11) is 1.59. The van der Waals surface area contributed by atoms with Gasteiger partial charge in [0.05, 0.1) is 31.1 Å². The summed E-state index contributed by atoms with van der Waals surface area (Å²) >= 11 is 0. The third kappa shape index (κ3) is 3.45. The lowest BCUT2D eigenvalue weighted by molar-refractivity contribution is -0.115. The third-order valence-corrected chi connectivity index (χ3v) is 2.62. The molecule has 1 aromatic carbocycles. The number of benzene rings is 1. The number of hydrogen-bond acceptors (Lipinski definition) is 4. The van der Waals surface area contributed by atoms with E-state index < -0.39 is 0 Å². The van der Waals surface area contributed by atoms with Crippen LogP contribution in [0.4, 0.5) is 11.4 Å². The zero-order valence-electron chi connectivity index (χ0n) is 10.6. The fraction of sp³-hybridized carbons (Fsp3) is 0.143. The number of carbonyl (C=O) groups is 1. The van der Waals surface area contributed by atoms with Crippen LogP contribution >= 0.6 is 0 Å². The van der Waals surface area contributed by atoms with Crippen molar-refractivity contribution in [1.29, 1.82) is 0 Å². The van der Waals surface area contributed by atoms with E-state index in [0.29, 0.717) is 11.4 Å². The van der Waals surface area contributed by atoms with Gasteiger partial charge in [-0.3, -0.25) is 9.78 Å². The van der Waals surface area contributed by atoms with E-state index in [9.17, 15) is 4.79 Å². The molecule has 98 valence electrons. The molecule has 5 nitrogen and oxygen atoms in total. The summed E-state index contributed by atoms with van der Waals surface area (Å²) in [6.45, 7) is 0. The second kappa shape index (κ2) is 5.86. The van der Waals surface area contributed by atoms with Gasteiger partial charge in [-0.1, -0.05) is 12.1 Å². The van der Waals surface area contributed by atoms with Crippen LogP contribution in [0.2, 0.25) is 0 Å². The highest BCUT2D eigenvalue weighted by atomic mass is 16.5. The van der Waals surface area contributed by atoms with Crippen LogP contribution in [0.25, 0.3) is 0 Å². The number of anilines is 2. The van der Waals surface area contributed by atoms with E-state index in [0.717, 1.165) is 11.3 Å². The maximum atomic E-state index is 11.9. The van der Waals surface area contributed by atoms with Crippen molar-refractivity contribution in [1.82, 2.24) is 4.98 Å². The molecule has 0 saturated heterocycles. The zero-order valence-corrected chi connectivity index (χ0v) is 10.6. The Morgan fingerprint density at radius 2 is 2.26 bits per heavy atom. The molecule has 0 atom stereocenters. The Morgan fingerprint density at radius 3 is 3.00 bits per heavy atom. The van der Waals surface area contributed by atoms with Crippen molar-refractivity contribution < 1.29 is 9.53 Å². The van der Waals surface area contributed by atoms with Crippen LogP contribution in [-0.4, -0.2) is 18.0 Å². The van der Waals surface area contributed by atoms with Gasteiger partial charge in [0.25, 0.3) is 0 Å². The van der Waals surface area contributed by atoms with E-state index in [-0.39, 0.29) is 12.3 Å². The molecular weight excluding hydrogens is 242 g/mol. The van der Waals surface area contributed by atoms with Crippen LogP contribution in [0.1, 0.15) is 5.56 Å². The first-order valence-electron chi connectivity index (χ1n) is 5.81. The molecule has 0 saturated carbocycles. The molecule has 1 aromatic heterocycles. The van der Waals surface area contributed by atoms with E-state index in [1.165, 1.54) is 6.20 Å². The number of carbonyl (C=O) groups excluding carboxylic acids is 1. The molecule has 1 heterocycles. The predicted octanol–water partition coefficient (Wildman–Crippen LogP) is 1.85. The van der Waals surface area contributed by atoms with Crippen LogP contribution in [0.15, 0.2) is 42.7 Å². The number of hydrogen-bond donors (Lipinski definition) is 2. The van der Waals surface area contributed by atoms with E-state index in [4.69, 9.17) is 10.5 Å². The van der Waals surface area contributed by atoms with E-state index >= 15 is 0 Å². The summed E-state index contributed by atoms with van der Waals surface area (Å²) in [4.78, 5) is 15.8. The lowest BCUT2D eigenvalue weighted by Crippen LogP contribution is -2.15. The van der Waals surface area contributed by atoms with Gasteiger partial charge in [0.15, 0.2) is 0 Å². The van der Waals surface area contributed by atoms with Gasteiger partial charge < -0.3 is 15.8 Å².